The Kier molecular flexibility index (Phi) is 7.11. The van der Waals surface area contributed by atoms with E-state index in [1.165, 1.54) is 21.5 Å². The van der Waals surface area contributed by atoms with Crippen LogP contribution >= 0.6 is 7.92 Å². The van der Waals surface area contributed by atoms with E-state index >= 15 is 0 Å². The molecule has 4 aromatic rings. The van der Waals surface area contributed by atoms with Crippen LogP contribution in [0.15, 0.2) is 120 Å². The molecule has 0 aromatic heterocycles. The van der Waals surface area contributed by atoms with Crippen molar-refractivity contribution in [1.82, 2.24) is 0 Å². The minimum Gasteiger partial charge on any atom is -0.475 e. The predicted molar refractivity (Wildman–Crippen MR) is 127 cm³/mol. The van der Waals surface area contributed by atoms with E-state index in [-0.39, 0.29) is 26.5 Å². The van der Waals surface area contributed by atoms with Gasteiger partial charge in [-0.2, -0.15) is 0 Å². The summed E-state index contributed by atoms with van der Waals surface area (Å²) in [5, 5.41) is 3.92. The van der Waals surface area contributed by atoms with Crippen LogP contribution in [0.3, 0.4) is 0 Å². The van der Waals surface area contributed by atoms with Gasteiger partial charge < -0.3 is 4.74 Å². The molecule has 4 heteroatoms. The Hall–Kier alpha value is -2.56. The maximum Gasteiger partial charge on any atom is 0.217 e. The third kappa shape index (κ3) is 4.71. The van der Waals surface area contributed by atoms with E-state index in [4.69, 9.17) is 9.73 Å². The first-order chi connectivity index (χ1) is 14.9. The van der Waals surface area contributed by atoms with Crippen molar-refractivity contribution in [3.8, 4) is 0 Å². The van der Waals surface area contributed by atoms with Gasteiger partial charge in [0.2, 0.25) is 5.90 Å². The van der Waals surface area contributed by atoms with E-state index in [1.54, 1.807) is 0 Å². The van der Waals surface area contributed by atoms with Crippen LogP contribution in [0.5, 0.6) is 0 Å². The fourth-order valence-electron chi connectivity index (χ4n) is 3.80. The normalized spacial score (nSPS) is 15.1. The predicted octanol–water partition coefficient (Wildman–Crippen LogP) is 4.96. The average Bonchev–Trinajstić information content (AvgIpc) is 3.32. The molecule has 0 bridgehead atoms. The van der Waals surface area contributed by atoms with Crippen LogP contribution < -0.4 is 15.9 Å². The van der Waals surface area contributed by atoms with Crippen molar-refractivity contribution < 1.29 is 25.2 Å². The zero-order valence-corrected chi connectivity index (χ0v) is 19.3. The third-order valence-electron chi connectivity index (χ3n) is 5.24. The van der Waals surface area contributed by atoms with Gasteiger partial charge in [0, 0.05) is 26.0 Å². The Balaban J connectivity index is 0.00000231. The first kappa shape index (κ1) is 21.7. The number of hydrogen-bond donors (Lipinski definition) is 0. The number of benzene rings is 4. The van der Waals surface area contributed by atoms with Gasteiger partial charge >= 0.3 is 0 Å². The summed E-state index contributed by atoms with van der Waals surface area (Å²) >= 11 is 0. The van der Waals surface area contributed by atoms with Crippen molar-refractivity contribution in [2.75, 3.05) is 6.61 Å². The average molecular weight is 514 g/mol. The second kappa shape index (κ2) is 10.2. The topological polar surface area (TPSA) is 21.6 Å². The summed E-state index contributed by atoms with van der Waals surface area (Å²) in [6, 6.07) is 40.5. The smallest absolute Gasteiger partial charge is 0.217 e. The third-order valence-corrected chi connectivity index (χ3v) is 7.74. The van der Waals surface area contributed by atoms with Crippen LogP contribution in [0.25, 0.3) is 0 Å². The molecule has 1 atom stereocenters. The van der Waals surface area contributed by atoms with Gasteiger partial charge in [-0.25, -0.2) is 4.99 Å². The summed E-state index contributed by atoms with van der Waals surface area (Å²) in [6.07, 6.45) is 0. The van der Waals surface area contributed by atoms with Gasteiger partial charge in [0.25, 0.3) is 0 Å². The maximum atomic E-state index is 6.13. The number of aliphatic imine (C=N–C) groups is 1. The van der Waals surface area contributed by atoms with Crippen molar-refractivity contribution in [2.24, 2.45) is 4.99 Å². The molecule has 0 saturated carbocycles. The van der Waals surface area contributed by atoms with Crippen LogP contribution in [0, 0.1) is 0 Å². The molecule has 0 saturated heterocycles. The molecule has 156 valence electrons. The maximum absolute atomic E-state index is 6.13. The summed E-state index contributed by atoms with van der Waals surface area (Å²) < 4.78 is 6.13. The molecule has 1 aliphatic heterocycles. The number of hydrogen-bond acceptors (Lipinski definition) is 2. The Morgan fingerprint density at radius 3 is 1.77 bits per heavy atom. The standard InChI is InChI=1S/C27H22NOP.Pd/c1-4-12-21(13-5-1)25-20-29-27(28-25)24-18-10-11-19-26(24)30(22-14-6-2-7-15-22)23-16-8-3-9-17-23;/h1-19,25H,20H2;/t25-;/m1./s1. The van der Waals surface area contributed by atoms with E-state index in [1.807, 2.05) is 6.07 Å². The van der Waals surface area contributed by atoms with Gasteiger partial charge in [-0.15, -0.1) is 0 Å². The molecule has 1 aliphatic rings. The van der Waals surface area contributed by atoms with E-state index in [9.17, 15) is 0 Å². The van der Waals surface area contributed by atoms with Crippen LogP contribution in [0.2, 0.25) is 0 Å². The molecule has 5 rings (SSSR count). The van der Waals surface area contributed by atoms with E-state index in [2.05, 4.69) is 109 Å². The molecule has 0 amide bonds. The van der Waals surface area contributed by atoms with Crippen LogP contribution in [-0.4, -0.2) is 12.5 Å². The molecule has 0 unspecified atom stereocenters. The first-order valence-electron chi connectivity index (χ1n) is 10.2. The van der Waals surface area contributed by atoms with Crippen molar-refractivity contribution in [3.63, 3.8) is 0 Å². The Labute approximate surface area is 198 Å². The van der Waals surface area contributed by atoms with E-state index in [0.29, 0.717) is 6.61 Å². The van der Waals surface area contributed by atoms with Gasteiger partial charge in [0.05, 0.1) is 0 Å². The van der Waals surface area contributed by atoms with Gasteiger partial charge in [-0.3, -0.25) is 0 Å². The minimum absolute atomic E-state index is 0. The van der Waals surface area contributed by atoms with Crippen LogP contribution in [0.4, 0.5) is 0 Å². The van der Waals surface area contributed by atoms with Crippen molar-refractivity contribution in [3.05, 3.63) is 126 Å². The molecule has 4 aromatic carbocycles. The summed E-state index contributed by atoms with van der Waals surface area (Å²) in [5.41, 5.74) is 2.29. The molecule has 0 fully saturated rings. The van der Waals surface area contributed by atoms with E-state index < -0.39 is 7.92 Å². The van der Waals surface area contributed by atoms with Crippen molar-refractivity contribution in [1.29, 1.82) is 0 Å². The molecular weight excluding hydrogens is 492 g/mol. The van der Waals surface area contributed by atoms with Gasteiger partial charge in [0.15, 0.2) is 0 Å². The van der Waals surface area contributed by atoms with Gasteiger partial charge in [-0.05, 0) is 35.5 Å². The molecule has 0 N–H and O–H groups in total. The van der Waals surface area contributed by atoms with Gasteiger partial charge in [-0.1, -0.05) is 109 Å². The zero-order valence-electron chi connectivity index (χ0n) is 16.9. The molecule has 0 radical (unpaired) electrons. The second-order valence-corrected chi connectivity index (χ2v) is 9.38. The van der Waals surface area contributed by atoms with E-state index in [0.717, 1.165) is 11.5 Å². The summed E-state index contributed by atoms with van der Waals surface area (Å²) in [7, 11) is -0.712. The first-order valence-corrected chi connectivity index (χ1v) is 11.5. The summed E-state index contributed by atoms with van der Waals surface area (Å²) in [4.78, 5) is 4.96. The molecule has 31 heavy (non-hydrogen) atoms. The molecule has 2 nitrogen and oxygen atoms in total. The quantitative estimate of drug-likeness (QED) is 0.273. The molecule has 1 heterocycles. The number of nitrogens with zero attached hydrogens (tertiary/aromatic N) is 1. The van der Waals surface area contributed by atoms with Crippen LogP contribution in [-0.2, 0) is 25.2 Å². The van der Waals surface area contributed by atoms with Crippen molar-refractivity contribution >= 4 is 29.7 Å². The Morgan fingerprint density at radius 1 is 0.645 bits per heavy atom. The van der Waals surface area contributed by atoms with Crippen molar-refractivity contribution in [2.45, 2.75) is 6.04 Å². The Bertz CT molecular complexity index is 1110. The SMILES string of the molecule is [Pd].c1ccc([C@H]2COC(c3ccccc3P(c3ccccc3)c3ccccc3)=N2)cc1. The monoisotopic (exact) mass is 513 g/mol. The molecular formula is C27H22NOPPd. The summed E-state index contributed by atoms with van der Waals surface area (Å²) in [5.74, 6) is 0.749. The number of rotatable bonds is 5. The fourth-order valence-corrected chi connectivity index (χ4v) is 6.24. The second-order valence-electron chi connectivity index (χ2n) is 7.20. The summed E-state index contributed by atoms with van der Waals surface area (Å²) in [6.45, 7) is 0.586. The Morgan fingerprint density at radius 2 is 1.16 bits per heavy atom. The largest absolute Gasteiger partial charge is 0.475 e. The zero-order chi connectivity index (χ0) is 20.2. The van der Waals surface area contributed by atoms with Gasteiger partial charge in [0.1, 0.15) is 12.6 Å². The number of ether oxygens (including phenoxy) is 1. The minimum atomic E-state index is -0.712. The molecule has 0 aliphatic carbocycles. The van der Waals surface area contributed by atoms with Crippen LogP contribution in [0.1, 0.15) is 17.2 Å². The fraction of sp³-hybridized carbons (Fsp3) is 0.0741. The molecule has 0 spiro atoms.